The van der Waals surface area contributed by atoms with Crippen molar-refractivity contribution < 1.29 is 18.0 Å². The standard InChI is InChI=1S/C20H21F3N6O/c1-13-10-14(2)29(28-13)18-7-6-17(26-27-18)24-8-9-25-19(30)12-15-4-3-5-16(11-15)20(21,22)23/h3-7,10-11H,8-9,12H2,1-2H3,(H,24,26)(H,25,30). The second kappa shape index (κ2) is 8.93. The summed E-state index contributed by atoms with van der Waals surface area (Å²) in [6.07, 6.45) is -4.55. The van der Waals surface area contributed by atoms with Crippen LogP contribution in [0.1, 0.15) is 22.5 Å². The molecule has 0 radical (unpaired) electrons. The molecule has 0 spiro atoms. The number of amides is 1. The van der Waals surface area contributed by atoms with Gasteiger partial charge >= 0.3 is 6.18 Å². The molecular weight excluding hydrogens is 397 g/mol. The van der Waals surface area contributed by atoms with Crippen LogP contribution in [0, 0.1) is 13.8 Å². The van der Waals surface area contributed by atoms with E-state index in [1.807, 2.05) is 19.9 Å². The summed E-state index contributed by atoms with van der Waals surface area (Å²) in [6.45, 7) is 4.50. The van der Waals surface area contributed by atoms with Gasteiger partial charge in [0.2, 0.25) is 5.91 Å². The first kappa shape index (κ1) is 21.3. The summed E-state index contributed by atoms with van der Waals surface area (Å²) in [5.41, 5.74) is 1.38. The number of anilines is 1. The van der Waals surface area contributed by atoms with Crippen LogP contribution in [0.5, 0.6) is 0 Å². The van der Waals surface area contributed by atoms with E-state index in [0.717, 1.165) is 23.5 Å². The van der Waals surface area contributed by atoms with Gasteiger partial charge in [-0.2, -0.15) is 18.3 Å². The summed E-state index contributed by atoms with van der Waals surface area (Å²) < 4.78 is 39.9. The summed E-state index contributed by atoms with van der Waals surface area (Å²) >= 11 is 0. The minimum atomic E-state index is -4.43. The molecule has 0 aliphatic carbocycles. The minimum Gasteiger partial charge on any atom is -0.367 e. The highest BCUT2D eigenvalue weighted by atomic mass is 19.4. The molecule has 2 aromatic heterocycles. The van der Waals surface area contributed by atoms with Crippen molar-refractivity contribution in [3.8, 4) is 5.82 Å². The molecule has 0 aliphatic heterocycles. The quantitative estimate of drug-likeness (QED) is 0.576. The molecule has 7 nitrogen and oxygen atoms in total. The van der Waals surface area contributed by atoms with Crippen LogP contribution in [0.3, 0.4) is 0 Å². The zero-order chi connectivity index (χ0) is 21.7. The zero-order valence-corrected chi connectivity index (χ0v) is 16.5. The molecule has 0 atom stereocenters. The largest absolute Gasteiger partial charge is 0.416 e. The molecule has 1 aromatic carbocycles. The number of aromatic nitrogens is 4. The predicted molar refractivity (Wildman–Crippen MR) is 105 cm³/mol. The van der Waals surface area contributed by atoms with E-state index in [1.54, 1.807) is 16.8 Å². The molecule has 3 aromatic rings. The Morgan fingerprint density at radius 1 is 1.07 bits per heavy atom. The fourth-order valence-electron chi connectivity index (χ4n) is 2.89. The van der Waals surface area contributed by atoms with Gasteiger partial charge in [0.05, 0.1) is 17.7 Å². The summed E-state index contributed by atoms with van der Waals surface area (Å²) in [5.74, 6) is 0.773. The maximum Gasteiger partial charge on any atom is 0.416 e. The number of alkyl halides is 3. The molecule has 158 valence electrons. The van der Waals surface area contributed by atoms with E-state index in [4.69, 9.17) is 0 Å². The van der Waals surface area contributed by atoms with Crippen molar-refractivity contribution in [3.63, 3.8) is 0 Å². The molecule has 10 heteroatoms. The fourth-order valence-corrected chi connectivity index (χ4v) is 2.89. The zero-order valence-electron chi connectivity index (χ0n) is 16.5. The number of rotatable bonds is 7. The molecule has 0 bridgehead atoms. The van der Waals surface area contributed by atoms with Gasteiger partial charge in [-0.15, -0.1) is 10.2 Å². The van der Waals surface area contributed by atoms with E-state index < -0.39 is 11.7 Å². The highest BCUT2D eigenvalue weighted by Crippen LogP contribution is 2.29. The van der Waals surface area contributed by atoms with Crippen molar-refractivity contribution in [2.45, 2.75) is 26.4 Å². The number of nitrogens with one attached hydrogen (secondary N) is 2. The first-order valence-corrected chi connectivity index (χ1v) is 9.26. The maximum atomic E-state index is 12.7. The molecular formula is C20H21F3N6O. The summed E-state index contributed by atoms with van der Waals surface area (Å²) in [4.78, 5) is 12.0. The summed E-state index contributed by atoms with van der Waals surface area (Å²) in [6, 6.07) is 10.2. The second-order valence-corrected chi connectivity index (χ2v) is 6.77. The van der Waals surface area contributed by atoms with Gasteiger partial charge in [-0.3, -0.25) is 4.79 Å². The van der Waals surface area contributed by atoms with Gasteiger partial charge in [0.15, 0.2) is 5.82 Å². The van der Waals surface area contributed by atoms with Crippen molar-refractivity contribution >= 4 is 11.7 Å². The second-order valence-electron chi connectivity index (χ2n) is 6.77. The Morgan fingerprint density at radius 3 is 2.50 bits per heavy atom. The normalized spacial score (nSPS) is 11.4. The fraction of sp³-hybridized carbons (Fsp3) is 0.300. The lowest BCUT2D eigenvalue weighted by atomic mass is 10.1. The van der Waals surface area contributed by atoms with E-state index >= 15 is 0 Å². The predicted octanol–water partition coefficient (Wildman–Crippen LogP) is 3.07. The number of carbonyl (C=O) groups is 1. The monoisotopic (exact) mass is 418 g/mol. The van der Waals surface area contributed by atoms with Crippen LogP contribution in [0.2, 0.25) is 0 Å². The Bertz CT molecular complexity index is 1010. The van der Waals surface area contributed by atoms with Gasteiger partial charge < -0.3 is 10.6 Å². The molecule has 0 saturated heterocycles. The third kappa shape index (κ3) is 5.56. The number of halogens is 3. The smallest absolute Gasteiger partial charge is 0.367 e. The number of nitrogens with zero attached hydrogens (tertiary/aromatic N) is 4. The van der Waals surface area contributed by atoms with Crippen LogP contribution < -0.4 is 10.6 Å². The molecule has 0 unspecified atom stereocenters. The molecule has 0 aliphatic rings. The van der Waals surface area contributed by atoms with Crippen molar-refractivity contribution in [2.24, 2.45) is 0 Å². The minimum absolute atomic E-state index is 0.124. The molecule has 0 saturated carbocycles. The topological polar surface area (TPSA) is 84.7 Å². The van der Waals surface area contributed by atoms with Crippen LogP contribution in [-0.2, 0) is 17.4 Å². The summed E-state index contributed by atoms with van der Waals surface area (Å²) in [5, 5.41) is 18.2. The van der Waals surface area contributed by atoms with Crippen LogP contribution in [0.25, 0.3) is 5.82 Å². The molecule has 2 heterocycles. The summed E-state index contributed by atoms with van der Waals surface area (Å²) in [7, 11) is 0. The number of hydrogen-bond donors (Lipinski definition) is 2. The Labute approximate surface area is 171 Å². The van der Waals surface area contributed by atoms with Crippen LogP contribution in [-0.4, -0.2) is 39.0 Å². The molecule has 30 heavy (non-hydrogen) atoms. The van der Waals surface area contributed by atoms with Crippen molar-refractivity contribution in [1.29, 1.82) is 0 Å². The van der Waals surface area contributed by atoms with Gasteiger partial charge in [0.25, 0.3) is 0 Å². The highest BCUT2D eigenvalue weighted by molar-refractivity contribution is 5.78. The molecule has 3 rings (SSSR count). The van der Waals surface area contributed by atoms with E-state index in [0.29, 0.717) is 30.3 Å². The number of carbonyl (C=O) groups excluding carboxylic acids is 1. The lowest BCUT2D eigenvalue weighted by molar-refractivity contribution is -0.137. The van der Waals surface area contributed by atoms with E-state index in [2.05, 4.69) is 25.9 Å². The Hall–Kier alpha value is -3.43. The number of benzene rings is 1. The SMILES string of the molecule is Cc1cc(C)n(-c2ccc(NCCNC(=O)Cc3cccc(C(F)(F)F)c3)nn2)n1. The number of hydrogen-bond acceptors (Lipinski definition) is 5. The van der Waals surface area contributed by atoms with E-state index in [-0.39, 0.29) is 12.3 Å². The first-order valence-electron chi connectivity index (χ1n) is 9.26. The van der Waals surface area contributed by atoms with Gasteiger partial charge in [-0.25, -0.2) is 4.68 Å². The van der Waals surface area contributed by atoms with Crippen molar-refractivity contribution in [1.82, 2.24) is 25.3 Å². The number of aryl methyl sites for hydroxylation is 2. The lowest BCUT2D eigenvalue weighted by Crippen LogP contribution is -2.30. The molecule has 1 amide bonds. The Morgan fingerprint density at radius 2 is 1.87 bits per heavy atom. The van der Waals surface area contributed by atoms with E-state index in [1.165, 1.54) is 12.1 Å². The van der Waals surface area contributed by atoms with Crippen LogP contribution in [0.15, 0.2) is 42.5 Å². The van der Waals surface area contributed by atoms with Crippen LogP contribution >= 0.6 is 0 Å². The first-order chi connectivity index (χ1) is 14.2. The molecule has 2 N–H and O–H groups in total. The Kier molecular flexibility index (Phi) is 6.34. The Balaban J connectivity index is 1.45. The van der Waals surface area contributed by atoms with Gasteiger partial charge in [-0.05, 0) is 43.7 Å². The lowest BCUT2D eigenvalue weighted by Gasteiger charge is -2.10. The maximum absolute atomic E-state index is 12.7. The third-order valence-electron chi connectivity index (χ3n) is 4.25. The average Bonchev–Trinajstić information content (AvgIpc) is 3.03. The van der Waals surface area contributed by atoms with Crippen LogP contribution in [0.4, 0.5) is 19.0 Å². The van der Waals surface area contributed by atoms with Gasteiger partial charge in [0.1, 0.15) is 5.82 Å². The van der Waals surface area contributed by atoms with Crippen molar-refractivity contribution in [2.75, 3.05) is 18.4 Å². The molecule has 0 fully saturated rings. The third-order valence-corrected chi connectivity index (χ3v) is 4.25. The average molecular weight is 418 g/mol. The van der Waals surface area contributed by atoms with E-state index in [9.17, 15) is 18.0 Å². The highest BCUT2D eigenvalue weighted by Gasteiger charge is 2.30. The van der Waals surface area contributed by atoms with Gasteiger partial charge in [-0.1, -0.05) is 18.2 Å². The van der Waals surface area contributed by atoms with Crippen molar-refractivity contribution in [3.05, 3.63) is 65.0 Å². The van der Waals surface area contributed by atoms with Gasteiger partial charge in [0, 0.05) is 18.8 Å².